The minimum Gasteiger partial charge on any atom is -0.365 e. The Morgan fingerprint density at radius 1 is 1.08 bits per heavy atom. The zero-order valence-corrected chi connectivity index (χ0v) is 23.4. The molecular formula is C27H19ClN6O2S3. The molecule has 0 aliphatic carbocycles. The first kappa shape index (κ1) is 25.4. The fraction of sp³-hybridized carbons (Fsp3) is 0.0741. The number of hydrogen-bond acceptors (Lipinski definition) is 9. The molecule has 0 spiro atoms. The normalized spacial score (nSPS) is 11.1. The lowest BCUT2D eigenvalue weighted by Gasteiger charge is -2.11. The third-order valence-electron chi connectivity index (χ3n) is 5.94. The molecule has 39 heavy (non-hydrogen) atoms. The smallest absolute Gasteiger partial charge is 0.291 e. The fourth-order valence-electron chi connectivity index (χ4n) is 4.13. The summed E-state index contributed by atoms with van der Waals surface area (Å²) in [5.41, 5.74) is 4.69. The molecular weight excluding hydrogens is 572 g/mol. The van der Waals surface area contributed by atoms with Crippen LogP contribution in [-0.2, 0) is 13.1 Å². The second kappa shape index (κ2) is 11.1. The maximum atomic E-state index is 14.0. The van der Waals surface area contributed by atoms with Gasteiger partial charge in [-0.25, -0.2) is 9.36 Å². The van der Waals surface area contributed by atoms with Gasteiger partial charge in [0.1, 0.15) is 16.4 Å². The summed E-state index contributed by atoms with van der Waals surface area (Å²) >= 11 is 10.1. The summed E-state index contributed by atoms with van der Waals surface area (Å²) in [7, 11) is 0. The highest BCUT2D eigenvalue weighted by Crippen LogP contribution is 2.31. The molecule has 5 heterocycles. The molecule has 1 N–H and O–H groups in total. The summed E-state index contributed by atoms with van der Waals surface area (Å²) < 4.78 is 7.65. The number of pyridine rings is 1. The average Bonchev–Trinajstić information content (AvgIpc) is 3.77. The van der Waals surface area contributed by atoms with E-state index in [1.165, 1.54) is 27.4 Å². The van der Waals surface area contributed by atoms with Crippen molar-refractivity contribution in [1.82, 2.24) is 23.7 Å². The highest BCUT2D eigenvalue weighted by molar-refractivity contribution is 7.16. The van der Waals surface area contributed by atoms with Crippen molar-refractivity contribution >= 4 is 57.5 Å². The Labute approximate surface area is 240 Å². The molecule has 194 valence electrons. The van der Waals surface area contributed by atoms with Gasteiger partial charge < -0.3 is 9.88 Å². The number of carbonyl (C=O) groups excluding carboxylic acids is 1. The molecule has 0 aliphatic heterocycles. The summed E-state index contributed by atoms with van der Waals surface area (Å²) in [5.74, 6) is 0.122. The van der Waals surface area contributed by atoms with E-state index in [1.807, 2.05) is 53.9 Å². The van der Waals surface area contributed by atoms with Crippen molar-refractivity contribution in [1.29, 1.82) is 0 Å². The summed E-state index contributed by atoms with van der Waals surface area (Å²) in [5, 5.41) is 9.89. The van der Waals surface area contributed by atoms with Gasteiger partial charge in [-0.3, -0.25) is 9.59 Å². The van der Waals surface area contributed by atoms with Crippen molar-refractivity contribution in [3.05, 3.63) is 114 Å². The van der Waals surface area contributed by atoms with Crippen LogP contribution in [0, 0.1) is 0 Å². The number of nitrogens with one attached hydrogen (secondary N) is 1. The standard InChI is InChI=1S/C27H19ClN6O2S3/c28-23-7-6-19(38-23)13-29-24-12-21(32-34(24)26(35)22-8-10-31-39-22)25-20(17-4-2-1-3-5-17)9-11-33(27(25)36)14-18-15-37-16-30-18/h1-12,15-16,29H,13-14H2. The molecule has 6 rings (SSSR count). The second-order valence-electron chi connectivity index (χ2n) is 8.45. The number of anilines is 1. The molecule has 0 bridgehead atoms. The van der Waals surface area contributed by atoms with Gasteiger partial charge in [0, 0.05) is 28.7 Å². The van der Waals surface area contributed by atoms with Gasteiger partial charge >= 0.3 is 0 Å². The highest BCUT2D eigenvalue weighted by Gasteiger charge is 2.23. The molecule has 0 fully saturated rings. The lowest BCUT2D eigenvalue weighted by Crippen LogP contribution is -2.23. The zero-order valence-electron chi connectivity index (χ0n) is 20.2. The average molecular weight is 591 g/mol. The topological polar surface area (TPSA) is 94.7 Å². The minimum atomic E-state index is -0.338. The van der Waals surface area contributed by atoms with Crippen LogP contribution in [0.15, 0.2) is 88.7 Å². The Morgan fingerprint density at radius 2 is 1.95 bits per heavy atom. The van der Waals surface area contributed by atoms with Crippen LogP contribution in [0.2, 0.25) is 4.34 Å². The first-order chi connectivity index (χ1) is 19.1. The number of benzene rings is 1. The molecule has 0 atom stereocenters. The third-order valence-corrected chi connectivity index (χ3v) is 8.55. The monoisotopic (exact) mass is 590 g/mol. The minimum absolute atomic E-state index is 0.226. The number of carbonyl (C=O) groups is 1. The number of hydrogen-bond donors (Lipinski definition) is 1. The molecule has 12 heteroatoms. The van der Waals surface area contributed by atoms with E-state index in [-0.39, 0.29) is 11.5 Å². The molecule has 0 saturated carbocycles. The fourth-order valence-corrected chi connectivity index (χ4v) is 6.23. The largest absolute Gasteiger partial charge is 0.365 e. The maximum absolute atomic E-state index is 14.0. The zero-order chi connectivity index (χ0) is 26.8. The van der Waals surface area contributed by atoms with Gasteiger partial charge in [-0.2, -0.15) is 9.78 Å². The van der Waals surface area contributed by atoms with Gasteiger partial charge in [-0.05, 0) is 46.9 Å². The second-order valence-corrected chi connectivity index (χ2v) is 11.8. The number of aromatic nitrogens is 5. The van der Waals surface area contributed by atoms with Crippen molar-refractivity contribution in [2.45, 2.75) is 13.1 Å². The summed E-state index contributed by atoms with van der Waals surface area (Å²) in [6.07, 6.45) is 3.34. The predicted molar refractivity (Wildman–Crippen MR) is 157 cm³/mol. The van der Waals surface area contributed by atoms with Gasteiger partial charge in [0.05, 0.1) is 34.2 Å². The summed E-state index contributed by atoms with van der Waals surface area (Å²) in [6.45, 7) is 0.766. The molecule has 1 aromatic carbocycles. The van der Waals surface area contributed by atoms with Crippen molar-refractivity contribution in [2.75, 3.05) is 5.32 Å². The number of thiazole rings is 1. The van der Waals surface area contributed by atoms with Crippen LogP contribution in [0.5, 0.6) is 0 Å². The Kier molecular flexibility index (Phi) is 7.20. The Morgan fingerprint density at radius 3 is 2.67 bits per heavy atom. The number of rotatable bonds is 8. The van der Waals surface area contributed by atoms with Crippen molar-refractivity contribution in [3.63, 3.8) is 0 Å². The first-order valence-electron chi connectivity index (χ1n) is 11.8. The SMILES string of the molecule is O=C(c1ccns1)n1nc(-c2c(-c3ccccc3)ccn(Cc3cscn3)c2=O)cc1NCc1ccc(Cl)s1. The summed E-state index contributed by atoms with van der Waals surface area (Å²) in [6, 6.07) is 18.7. The van der Waals surface area contributed by atoms with Gasteiger partial charge in [0.15, 0.2) is 0 Å². The lowest BCUT2D eigenvalue weighted by molar-refractivity contribution is 0.0952. The van der Waals surface area contributed by atoms with Gasteiger partial charge in [0.25, 0.3) is 11.5 Å². The van der Waals surface area contributed by atoms with E-state index in [0.29, 0.717) is 39.4 Å². The predicted octanol–water partition coefficient (Wildman–Crippen LogP) is 6.36. The van der Waals surface area contributed by atoms with Gasteiger partial charge in [0.2, 0.25) is 0 Å². The molecule has 0 saturated heterocycles. The molecule has 8 nitrogen and oxygen atoms in total. The van der Waals surface area contributed by atoms with E-state index >= 15 is 0 Å². The van der Waals surface area contributed by atoms with Gasteiger partial charge in [-0.15, -0.1) is 22.7 Å². The maximum Gasteiger partial charge on any atom is 0.291 e. The van der Waals surface area contributed by atoms with Crippen LogP contribution < -0.4 is 10.9 Å². The number of thiophene rings is 1. The lowest BCUT2D eigenvalue weighted by atomic mass is 9.99. The highest BCUT2D eigenvalue weighted by atomic mass is 35.5. The van der Waals surface area contributed by atoms with Crippen molar-refractivity contribution in [3.8, 4) is 22.4 Å². The van der Waals surface area contributed by atoms with E-state index in [2.05, 4.69) is 19.8 Å². The summed E-state index contributed by atoms with van der Waals surface area (Å²) in [4.78, 5) is 33.1. The van der Waals surface area contributed by atoms with Crippen molar-refractivity contribution < 1.29 is 4.79 Å². The molecule has 0 aliphatic rings. The van der Waals surface area contributed by atoms with E-state index in [0.717, 1.165) is 33.2 Å². The van der Waals surface area contributed by atoms with Gasteiger partial charge in [-0.1, -0.05) is 41.9 Å². The van der Waals surface area contributed by atoms with Crippen LogP contribution in [0.1, 0.15) is 20.2 Å². The van der Waals surface area contributed by atoms with Crippen LogP contribution in [0.4, 0.5) is 5.82 Å². The van der Waals surface area contributed by atoms with E-state index in [4.69, 9.17) is 11.6 Å². The molecule has 6 aromatic rings. The molecule has 0 amide bonds. The number of nitrogens with zero attached hydrogens (tertiary/aromatic N) is 5. The van der Waals surface area contributed by atoms with E-state index < -0.39 is 0 Å². The van der Waals surface area contributed by atoms with E-state index in [1.54, 1.807) is 34.6 Å². The van der Waals surface area contributed by atoms with Crippen LogP contribution in [0.25, 0.3) is 22.4 Å². The van der Waals surface area contributed by atoms with Crippen LogP contribution in [0.3, 0.4) is 0 Å². The van der Waals surface area contributed by atoms with Crippen LogP contribution >= 0.6 is 45.8 Å². The third kappa shape index (κ3) is 5.34. The first-order valence-corrected chi connectivity index (χ1v) is 14.7. The number of halogens is 1. The Balaban J connectivity index is 1.49. The van der Waals surface area contributed by atoms with Crippen LogP contribution in [-0.4, -0.2) is 29.6 Å². The molecule has 5 aromatic heterocycles. The quantitative estimate of drug-likeness (QED) is 0.222. The van der Waals surface area contributed by atoms with E-state index in [9.17, 15) is 9.59 Å². The Hall–Kier alpha value is -3.90. The Bertz CT molecular complexity index is 1790. The van der Waals surface area contributed by atoms with Crippen molar-refractivity contribution in [2.24, 2.45) is 0 Å². The molecule has 0 unspecified atom stereocenters. The molecule has 0 radical (unpaired) electrons.